The first kappa shape index (κ1) is 18.8. The van der Waals surface area contributed by atoms with E-state index >= 15 is 0 Å². The lowest BCUT2D eigenvalue weighted by Crippen LogP contribution is -2.42. The third-order valence-electron chi connectivity index (χ3n) is 3.53. The topological polar surface area (TPSA) is 92.6 Å². The molecule has 1 atom stereocenters. The Morgan fingerprint density at radius 3 is 2.64 bits per heavy atom. The van der Waals surface area contributed by atoms with Crippen LogP contribution in [0.25, 0.3) is 0 Å². The molecule has 0 aliphatic carbocycles. The Balaban J connectivity index is 0.00000242. The lowest BCUT2D eigenvalue weighted by molar-refractivity contribution is -0.387. The molecular formula is C13H20ClN3O4S. The molecule has 1 aliphatic rings. The summed E-state index contributed by atoms with van der Waals surface area (Å²) in [6, 6.07) is 5.37. The number of hydrogen-bond acceptors (Lipinski definition) is 5. The zero-order valence-electron chi connectivity index (χ0n) is 12.3. The Bertz CT molecular complexity index is 617. The molecule has 0 bridgehead atoms. The van der Waals surface area contributed by atoms with E-state index in [4.69, 9.17) is 0 Å². The van der Waals surface area contributed by atoms with Crippen molar-refractivity contribution < 1.29 is 13.3 Å². The Hall–Kier alpha value is -1.22. The second-order valence-electron chi connectivity index (χ2n) is 4.99. The fourth-order valence-electron chi connectivity index (χ4n) is 2.56. The number of nitro groups is 1. The third-order valence-corrected chi connectivity index (χ3v) is 5.53. The van der Waals surface area contributed by atoms with Gasteiger partial charge in [0, 0.05) is 25.2 Å². The van der Waals surface area contributed by atoms with Gasteiger partial charge in [0.1, 0.15) is 0 Å². The van der Waals surface area contributed by atoms with E-state index in [0.717, 1.165) is 13.0 Å². The number of para-hydroxylation sites is 1. The largest absolute Gasteiger partial charge is 0.315 e. The van der Waals surface area contributed by atoms with E-state index in [1.165, 1.54) is 28.6 Å². The van der Waals surface area contributed by atoms with Crippen molar-refractivity contribution in [2.45, 2.75) is 30.7 Å². The number of nitro benzene ring substituents is 1. The van der Waals surface area contributed by atoms with Gasteiger partial charge in [-0.1, -0.05) is 19.1 Å². The van der Waals surface area contributed by atoms with Crippen LogP contribution in [-0.4, -0.2) is 43.3 Å². The molecule has 0 aromatic heterocycles. The number of benzene rings is 1. The normalized spacial score (nSPS) is 18.2. The standard InChI is InChI=1S/C13H19N3O4S.ClH/c1-2-9-15(11-7-8-14-10-11)21(19,20)13-6-4-3-5-12(13)16(17)18;/h3-6,11,14H,2,7-10H2,1H3;1H. The Morgan fingerprint density at radius 2 is 2.09 bits per heavy atom. The highest BCUT2D eigenvalue weighted by Crippen LogP contribution is 2.28. The summed E-state index contributed by atoms with van der Waals surface area (Å²) in [6.07, 6.45) is 1.39. The number of nitrogens with zero attached hydrogens (tertiary/aromatic N) is 2. The van der Waals surface area contributed by atoms with Gasteiger partial charge < -0.3 is 5.32 Å². The second kappa shape index (κ2) is 7.87. The summed E-state index contributed by atoms with van der Waals surface area (Å²) in [5.74, 6) is 0. The molecule has 1 N–H and O–H groups in total. The molecule has 9 heteroatoms. The van der Waals surface area contributed by atoms with Crippen LogP contribution in [0.2, 0.25) is 0 Å². The molecule has 0 amide bonds. The molecule has 1 aliphatic heterocycles. The predicted octanol–water partition coefficient (Wildman–Crippen LogP) is 1.78. The highest BCUT2D eigenvalue weighted by molar-refractivity contribution is 7.89. The van der Waals surface area contributed by atoms with Gasteiger partial charge in [0.05, 0.1) is 4.92 Å². The summed E-state index contributed by atoms with van der Waals surface area (Å²) in [7, 11) is -3.87. The fourth-order valence-corrected chi connectivity index (χ4v) is 4.46. The van der Waals surface area contributed by atoms with Gasteiger partial charge in [-0.2, -0.15) is 4.31 Å². The molecule has 124 valence electrons. The highest BCUT2D eigenvalue weighted by atomic mass is 35.5. The number of rotatable bonds is 6. The van der Waals surface area contributed by atoms with Gasteiger partial charge in [-0.15, -0.1) is 12.4 Å². The third kappa shape index (κ3) is 3.75. The quantitative estimate of drug-likeness (QED) is 0.624. The van der Waals surface area contributed by atoms with Crippen molar-refractivity contribution in [3.05, 3.63) is 34.4 Å². The van der Waals surface area contributed by atoms with Gasteiger partial charge in [-0.25, -0.2) is 8.42 Å². The van der Waals surface area contributed by atoms with Crippen molar-refractivity contribution in [1.29, 1.82) is 0 Å². The van der Waals surface area contributed by atoms with Crippen LogP contribution in [-0.2, 0) is 10.0 Å². The first-order valence-corrected chi connectivity index (χ1v) is 8.38. The molecule has 1 aromatic rings. The first-order chi connectivity index (χ1) is 9.98. The van der Waals surface area contributed by atoms with Crippen molar-refractivity contribution in [3.8, 4) is 0 Å². The van der Waals surface area contributed by atoms with E-state index in [1.54, 1.807) is 0 Å². The van der Waals surface area contributed by atoms with E-state index in [9.17, 15) is 18.5 Å². The van der Waals surface area contributed by atoms with Gasteiger partial charge >= 0.3 is 0 Å². The summed E-state index contributed by atoms with van der Waals surface area (Å²) in [6.45, 7) is 3.60. The predicted molar refractivity (Wildman–Crippen MR) is 85.8 cm³/mol. The lowest BCUT2D eigenvalue weighted by atomic mass is 10.2. The van der Waals surface area contributed by atoms with Gasteiger partial charge in [-0.05, 0) is 25.5 Å². The number of sulfonamides is 1. The van der Waals surface area contributed by atoms with E-state index in [2.05, 4.69) is 5.32 Å². The minimum absolute atomic E-state index is 0. The van der Waals surface area contributed by atoms with Gasteiger partial charge in [0.2, 0.25) is 10.0 Å². The number of nitrogens with one attached hydrogen (secondary N) is 1. The van der Waals surface area contributed by atoms with Crippen molar-refractivity contribution in [2.75, 3.05) is 19.6 Å². The summed E-state index contributed by atoms with van der Waals surface area (Å²) in [5, 5.41) is 14.2. The second-order valence-corrected chi connectivity index (χ2v) is 6.85. The van der Waals surface area contributed by atoms with Crippen LogP contribution in [0.15, 0.2) is 29.2 Å². The molecule has 1 unspecified atom stereocenters. The van der Waals surface area contributed by atoms with Crippen LogP contribution in [0, 0.1) is 10.1 Å². The van der Waals surface area contributed by atoms with Gasteiger partial charge in [-0.3, -0.25) is 10.1 Å². The summed E-state index contributed by atoms with van der Waals surface area (Å²) >= 11 is 0. The molecule has 1 aromatic carbocycles. The molecule has 1 heterocycles. The molecule has 7 nitrogen and oxygen atoms in total. The minimum atomic E-state index is -3.87. The van der Waals surface area contributed by atoms with Crippen molar-refractivity contribution in [3.63, 3.8) is 0 Å². The van der Waals surface area contributed by atoms with Gasteiger partial charge in [0.25, 0.3) is 5.69 Å². The number of hydrogen-bond donors (Lipinski definition) is 1. The minimum Gasteiger partial charge on any atom is -0.315 e. The average molecular weight is 350 g/mol. The zero-order chi connectivity index (χ0) is 15.5. The summed E-state index contributed by atoms with van der Waals surface area (Å²) in [4.78, 5) is 10.2. The number of halogens is 1. The van der Waals surface area contributed by atoms with Crippen LogP contribution in [0.3, 0.4) is 0 Å². The maximum atomic E-state index is 12.8. The fraction of sp³-hybridized carbons (Fsp3) is 0.538. The Morgan fingerprint density at radius 1 is 1.41 bits per heavy atom. The van der Waals surface area contributed by atoms with Crippen LogP contribution in [0.1, 0.15) is 19.8 Å². The molecule has 2 rings (SSSR count). The van der Waals surface area contributed by atoms with Crippen molar-refractivity contribution >= 4 is 28.1 Å². The molecule has 1 fully saturated rings. The monoisotopic (exact) mass is 349 g/mol. The Kier molecular flexibility index (Phi) is 6.73. The molecular weight excluding hydrogens is 330 g/mol. The van der Waals surface area contributed by atoms with Gasteiger partial charge in [0.15, 0.2) is 4.90 Å². The highest BCUT2D eigenvalue weighted by Gasteiger charge is 2.36. The van der Waals surface area contributed by atoms with Crippen molar-refractivity contribution in [2.24, 2.45) is 0 Å². The van der Waals surface area contributed by atoms with Crippen LogP contribution >= 0.6 is 12.4 Å². The van der Waals surface area contributed by atoms with Crippen LogP contribution in [0.5, 0.6) is 0 Å². The maximum absolute atomic E-state index is 12.8. The van der Waals surface area contributed by atoms with E-state index < -0.39 is 14.9 Å². The molecule has 22 heavy (non-hydrogen) atoms. The molecule has 0 saturated carbocycles. The molecule has 1 saturated heterocycles. The van der Waals surface area contributed by atoms with E-state index in [0.29, 0.717) is 19.5 Å². The lowest BCUT2D eigenvalue weighted by Gasteiger charge is -2.27. The molecule has 0 spiro atoms. The Labute approximate surface area is 136 Å². The SMILES string of the molecule is CCCN(C1CCNC1)S(=O)(=O)c1ccccc1[N+](=O)[O-].Cl. The van der Waals surface area contributed by atoms with E-state index in [-0.39, 0.29) is 29.0 Å². The average Bonchev–Trinajstić information content (AvgIpc) is 2.98. The van der Waals surface area contributed by atoms with Crippen LogP contribution in [0.4, 0.5) is 5.69 Å². The maximum Gasteiger partial charge on any atom is 0.289 e. The smallest absolute Gasteiger partial charge is 0.289 e. The summed E-state index contributed by atoms with van der Waals surface area (Å²) in [5.41, 5.74) is -0.371. The van der Waals surface area contributed by atoms with Crippen LogP contribution < -0.4 is 5.32 Å². The van der Waals surface area contributed by atoms with E-state index in [1.807, 2.05) is 6.92 Å². The van der Waals surface area contributed by atoms with Crippen molar-refractivity contribution in [1.82, 2.24) is 9.62 Å². The molecule has 0 radical (unpaired) electrons. The summed E-state index contributed by atoms with van der Waals surface area (Å²) < 4.78 is 27.1. The first-order valence-electron chi connectivity index (χ1n) is 6.94. The zero-order valence-corrected chi connectivity index (χ0v) is 13.9.